The standard InChI is InChI=1S/C15H21NOS/c1-2-3-4-5-6-9-12-16-13-10-7-8-11-14(13)17-15(16)18/h7-8,10-11H,2-6,9,12H2,1H3. The van der Waals surface area contributed by atoms with E-state index in [2.05, 4.69) is 17.6 Å². The smallest absolute Gasteiger partial charge is 0.269 e. The van der Waals surface area contributed by atoms with Gasteiger partial charge in [0.05, 0.1) is 5.52 Å². The van der Waals surface area contributed by atoms with E-state index < -0.39 is 0 Å². The molecule has 2 rings (SSSR count). The van der Waals surface area contributed by atoms with E-state index in [-0.39, 0.29) is 0 Å². The van der Waals surface area contributed by atoms with E-state index >= 15 is 0 Å². The second kappa shape index (κ2) is 6.74. The molecule has 2 aromatic rings. The molecule has 1 aromatic heterocycles. The highest BCUT2D eigenvalue weighted by molar-refractivity contribution is 7.71. The predicted molar refractivity (Wildman–Crippen MR) is 78.4 cm³/mol. The molecule has 18 heavy (non-hydrogen) atoms. The summed E-state index contributed by atoms with van der Waals surface area (Å²) in [6.45, 7) is 3.22. The summed E-state index contributed by atoms with van der Waals surface area (Å²) in [7, 11) is 0. The van der Waals surface area contributed by atoms with Crippen LogP contribution in [0.15, 0.2) is 28.7 Å². The van der Waals surface area contributed by atoms with Crippen LogP contribution in [0.25, 0.3) is 11.1 Å². The van der Waals surface area contributed by atoms with Gasteiger partial charge in [-0.25, -0.2) is 0 Å². The van der Waals surface area contributed by atoms with Gasteiger partial charge in [0.2, 0.25) is 0 Å². The minimum absolute atomic E-state index is 0.602. The fourth-order valence-corrected chi connectivity index (χ4v) is 2.56. The molecule has 0 saturated carbocycles. The maximum absolute atomic E-state index is 5.57. The molecule has 2 nitrogen and oxygen atoms in total. The summed E-state index contributed by atoms with van der Waals surface area (Å²) < 4.78 is 7.69. The Bertz CT molecular complexity index is 541. The average Bonchev–Trinajstić information content (AvgIpc) is 2.70. The quantitative estimate of drug-likeness (QED) is 0.497. The largest absolute Gasteiger partial charge is 0.429 e. The zero-order chi connectivity index (χ0) is 12.8. The number of hydrogen-bond acceptors (Lipinski definition) is 2. The topological polar surface area (TPSA) is 18.1 Å². The lowest BCUT2D eigenvalue weighted by atomic mass is 10.1. The molecule has 0 radical (unpaired) electrons. The van der Waals surface area contributed by atoms with Crippen molar-refractivity contribution in [2.75, 3.05) is 0 Å². The summed E-state index contributed by atoms with van der Waals surface area (Å²) in [5, 5.41) is 0. The molecule has 0 fully saturated rings. The van der Waals surface area contributed by atoms with E-state index in [1.165, 1.54) is 38.5 Å². The number of oxazole rings is 1. The summed E-state index contributed by atoms with van der Waals surface area (Å²) in [6, 6.07) is 8.06. The molecule has 0 unspecified atom stereocenters. The van der Waals surface area contributed by atoms with Gasteiger partial charge in [-0.05, 0) is 30.8 Å². The van der Waals surface area contributed by atoms with Gasteiger partial charge in [0.25, 0.3) is 4.84 Å². The number of rotatable bonds is 7. The van der Waals surface area contributed by atoms with E-state index in [1.807, 2.05) is 18.2 Å². The molecular weight excluding hydrogens is 242 g/mol. The highest BCUT2D eigenvalue weighted by Crippen LogP contribution is 2.18. The minimum Gasteiger partial charge on any atom is -0.429 e. The van der Waals surface area contributed by atoms with Gasteiger partial charge < -0.3 is 4.42 Å². The fraction of sp³-hybridized carbons (Fsp3) is 0.533. The first kappa shape index (κ1) is 13.3. The van der Waals surface area contributed by atoms with E-state index in [9.17, 15) is 0 Å². The Labute approximate surface area is 114 Å². The SMILES string of the molecule is CCCCCCCCn1c(=S)oc2ccccc21. The lowest BCUT2D eigenvalue weighted by molar-refractivity contribution is 0.508. The summed E-state index contributed by atoms with van der Waals surface area (Å²) in [6.07, 6.45) is 7.80. The average molecular weight is 263 g/mol. The molecule has 0 saturated heterocycles. The molecule has 3 heteroatoms. The number of aryl methyl sites for hydroxylation is 1. The Hall–Kier alpha value is -1.09. The van der Waals surface area contributed by atoms with Gasteiger partial charge in [0.15, 0.2) is 5.58 Å². The molecule has 1 aromatic carbocycles. The zero-order valence-electron chi connectivity index (χ0n) is 11.0. The van der Waals surface area contributed by atoms with Crippen LogP contribution in [0.3, 0.4) is 0 Å². The Morgan fingerprint density at radius 2 is 1.78 bits per heavy atom. The summed E-state index contributed by atoms with van der Waals surface area (Å²) in [5.41, 5.74) is 2.02. The number of fused-ring (bicyclic) bond motifs is 1. The van der Waals surface area contributed by atoms with Gasteiger partial charge in [-0.15, -0.1) is 0 Å². The minimum atomic E-state index is 0.602. The van der Waals surface area contributed by atoms with Crippen LogP contribution in [0.4, 0.5) is 0 Å². The van der Waals surface area contributed by atoms with Gasteiger partial charge in [-0.2, -0.15) is 0 Å². The Kier molecular flexibility index (Phi) is 5.00. The number of nitrogens with zero attached hydrogens (tertiary/aromatic N) is 1. The van der Waals surface area contributed by atoms with Crippen molar-refractivity contribution in [1.82, 2.24) is 4.57 Å². The summed E-state index contributed by atoms with van der Waals surface area (Å²) >= 11 is 5.27. The molecule has 0 aliphatic carbocycles. The second-order valence-corrected chi connectivity index (χ2v) is 5.10. The highest BCUT2D eigenvalue weighted by atomic mass is 32.1. The van der Waals surface area contributed by atoms with Crippen molar-refractivity contribution in [3.63, 3.8) is 0 Å². The maximum Gasteiger partial charge on any atom is 0.269 e. The van der Waals surface area contributed by atoms with Gasteiger partial charge in [0, 0.05) is 6.54 Å². The summed E-state index contributed by atoms with van der Waals surface area (Å²) in [5.74, 6) is 0. The van der Waals surface area contributed by atoms with Crippen molar-refractivity contribution in [2.24, 2.45) is 0 Å². The second-order valence-electron chi connectivity index (χ2n) is 4.76. The first-order valence-electron chi connectivity index (χ1n) is 6.91. The van der Waals surface area contributed by atoms with Crippen LogP contribution in [-0.4, -0.2) is 4.57 Å². The third-order valence-electron chi connectivity index (χ3n) is 3.31. The molecule has 98 valence electrons. The van der Waals surface area contributed by atoms with Gasteiger partial charge in [-0.1, -0.05) is 51.2 Å². The van der Waals surface area contributed by atoms with Crippen LogP contribution >= 0.6 is 12.2 Å². The zero-order valence-corrected chi connectivity index (χ0v) is 11.8. The van der Waals surface area contributed by atoms with Crippen molar-refractivity contribution < 1.29 is 4.42 Å². The van der Waals surface area contributed by atoms with Crippen molar-refractivity contribution in [3.8, 4) is 0 Å². The number of aromatic nitrogens is 1. The van der Waals surface area contributed by atoms with Gasteiger partial charge in [-0.3, -0.25) is 4.57 Å². The van der Waals surface area contributed by atoms with Crippen LogP contribution in [0.2, 0.25) is 0 Å². The lowest BCUT2D eigenvalue weighted by Crippen LogP contribution is -1.97. The first-order valence-corrected chi connectivity index (χ1v) is 7.32. The van der Waals surface area contributed by atoms with Gasteiger partial charge in [0.1, 0.15) is 0 Å². The molecule has 0 atom stereocenters. The third-order valence-corrected chi connectivity index (χ3v) is 3.61. The van der Waals surface area contributed by atoms with Crippen molar-refractivity contribution in [2.45, 2.75) is 52.0 Å². The van der Waals surface area contributed by atoms with Crippen LogP contribution < -0.4 is 0 Å². The van der Waals surface area contributed by atoms with Crippen LogP contribution in [0, 0.1) is 4.84 Å². The van der Waals surface area contributed by atoms with E-state index in [1.54, 1.807) is 0 Å². The molecule has 0 amide bonds. The third kappa shape index (κ3) is 3.22. The number of benzene rings is 1. The van der Waals surface area contributed by atoms with Crippen LogP contribution in [0.5, 0.6) is 0 Å². The fourth-order valence-electron chi connectivity index (χ4n) is 2.28. The predicted octanol–water partition coefficient (Wildman–Crippen LogP) is 5.32. The molecule has 0 spiro atoms. The van der Waals surface area contributed by atoms with E-state index in [4.69, 9.17) is 16.6 Å². The number of para-hydroxylation sites is 2. The molecule has 0 N–H and O–H groups in total. The van der Waals surface area contributed by atoms with Crippen LogP contribution in [0.1, 0.15) is 45.4 Å². The van der Waals surface area contributed by atoms with Crippen molar-refractivity contribution in [1.29, 1.82) is 0 Å². The van der Waals surface area contributed by atoms with E-state index in [0.29, 0.717) is 4.84 Å². The van der Waals surface area contributed by atoms with E-state index in [0.717, 1.165) is 17.6 Å². The molecular formula is C15H21NOS. The Morgan fingerprint density at radius 3 is 2.61 bits per heavy atom. The molecule has 0 aliphatic rings. The maximum atomic E-state index is 5.57. The molecule has 0 aliphatic heterocycles. The molecule has 1 heterocycles. The normalized spacial score (nSPS) is 11.2. The van der Waals surface area contributed by atoms with Crippen molar-refractivity contribution >= 4 is 23.3 Å². The highest BCUT2D eigenvalue weighted by Gasteiger charge is 2.04. The first-order chi connectivity index (χ1) is 8.83. The monoisotopic (exact) mass is 263 g/mol. The molecule has 0 bridgehead atoms. The number of hydrogen-bond donors (Lipinski definition) is 0. The van der Waals surface area contributed by atoms with Crippen molar-refractivity contribution in [3.05, 3.63) is 29.1 Å². The Balaban J connectivity index is 1.91. The summed E-state index contributed by atoms with van der Waals surface area (Å²) in [4.78, 5) is 0.602. The van der Waals surface area contributed by atoms with Gasteiger partial charge >= 0.3 is 0 Å². The Morgan fingerprint density at radius 1 is 1.06 bits per heavy atom. The lowest BCUT2D eigenvalue weighted by Gasteiger charge is -2.03. The van der Waals surface area contributed by atoms with Crippen LogP contribution in [-0.2, 0) is 6.54 Å². The number of unbranched alkanes of at least 4 members (excludes halogenated alkanes) is 5.